The number of anilines is 4. The van der Waals surface area contributed by atoms with E-state index in [1.54, 1.807) is 42.5 Å². The van der Waals surface area contributed by atoms with Gasteiger partial charge in [0.1, 0.15) is 11.4 Å². The smallest absolute Gasteiger partial charge is 0.333 e. The minimum absolute atomic E-state index is 0.189. The van der Waals surface area contributed by atoms with Crippen LogP contribution in [0.1, 0.15) is 6.55 Å². The Morgan fingerprint density at radius 3 is 2.74 bits per heavy atom. The van der Waals surface area contributed by atoms with Crippen LogP contribution in [-0.2, 0) is 4.79 Å². The number of methoxy groups -OCH3 is 1. The number of nitrogens with one attached hydrogen (secondary N) is 3. The lowest BCUT2D eigenvalue weighted by atomic mass is 10.1. The summed E-state index contributed by atoms with van der Waals surface area (Å²) >= 11 is 0. The molecular weight excluding hydrogens is 494 g/mol. The maximum absolute atomic E-state index is 13.6. The van der Waals surface area contributed by atoms with Crippen molar-refractivity contribution in [3.05, 3.63) is 61.3 Å². The molecule has 0 aliphatic heterocycles. The molecule has 4 aromatic rings. The number of aromatic nitrogens is 4. The van der Waals surface area contributed by atoms with Gasteiger partial charge in [-0.1, -0.05) is 24.8 Å². The monoisotopic (exact) mass is 522 g/mol. The van der Waals surface area contributed by atoms with Crippen molar-refractivity contribution in [2.75, 3.05) is 49.8 Å². The second-order valence-corrected chi connectivity index (χ2v) is 8.27. The summed E-state index contributed by atoms with van der Waals surface area (Å²) in [5.41, 5.74) is 2.70. The molecule has 0 radical (unpaired) electrons. The molecule has 198 valence electrons. The van der Waals surface area contributed by atoms with Gasteiger partial charge in [-0.15, -0.1) is 0 Å². The van der Waals surface area contributed by atoms with Crippen molar-refractivity contribution >= 4 is 39.8 Å². The second-order valence-electron chi connectivity index (χ2n) is 8.27. The molecule has 0 aliphatic rings. The number of hydrogen-bond acceptors (Lipinski definition) is 8. The maximum Gasteiger partial charge on any atom is 0.333 e. The summed E-state index contributed by atoms with van der Waals surface area (Å²) in [4.78, 5) is 22.9. The Morgan fingerprint density at radius 2 is 2.03 bits per heavy atom. The third-order valence-electron chi connectivity index (χ3n) is 5.81. The molecule has 4 rings (SSSR count). The van der Waals surface area contributed by atoms with Crippen LogP contribution in [0.25, 0.3) is 22.3 Å². The highest BCUT2D eigenvalue weighted by Crippen LogP contribution is 2.38. The summed E-state index contributed by atoms with van der Waals surface area (Å²) in [6.07, 6.45) is 2.69. The van der Waals surface area contributed by atoms with Gasteiger partial charge >= 0.3 is 6.55 Å². The molecule has 0 saturated heterocycles. The Balaban J connectivity index is 1.73. The van der Waals surface area contributed by atoms with Crippen LogP contribution in [0.2, 0.25) is 0 Å². The van der Waals surface area contributed by atoms with Gasteiger partial charge in [-0.2, -0.15) is 13.9 Å². The van der Waals surface area contributed by atoms with Crippen LogP contribution in [0.5, 0.6) is 5.75 Å². The third-order valence-corrected chi connectivity index (χ3v) is 5.81. The third kappa shape index (κ3) is 5.54. The van der Waals surface area contributed by atoms with E-state index in [-0.39, 0.29) is 11.9 Å². The number of nitrogens with zero attached hydrogens (tertiary/aromatic N) is 5. The van der Waals surface area contributed by atoms with E-state index in [1.807, 2.05) is 19.0 Å². The number of alkyl halides is 2. The fourth-order valence-electron chi connectivity index (χ4n) is 3.93. The predicted octanol–water partition coefficient (Wildman–Crippen LogP) is 4.42. The molecule has 0 spiro atoms. The minimum atomic E-state index is -2.80. The van der Waals surface area contributed by atoms with Crippen molar-refractivity contribution in [1.29, 1.82) is 0 Å². The van der Waals surface area contributed by atoms with Gasteiger partial charge in [0, 0.05) is 37.8 Å². The zero-order chi connectivity index (χ0) is 27.2. The maximum atomic E-state index is 13.6. The first-order valence-corrected chi connectivity index (χ1v) is 11.7. The van der Waals surface area contributed by atoms with Gasteiger partial charge in [0.15, 0.2) is 0 Å². The lowest BCUT2D eigenvalue weighted by Gasteiger charge is -2.24. The largest absolute Gasteiger partial charge is 0.494 e. The minimum Gasteiger partial charge on any atom is -0.494 e. The molecular formula is C26H28F2N8O2. The first-order valence-electron chi connectivity index (χ1n) is 11.7. The predicted molar refractivity (Wildman–Crippen MR) is 144 cm³/mol. The summed E-state index contributed by atoms with van der Waals surface area (Å²) in [7, 11) is 5.29. The standard InChI is InChI=1S/C26H28F2N8O2/c1-5-23(37)31-18-14-19(22(38-4)15-21(18)35(3)13-12-29-2)33-26-30-11-10-17(32-26)24-16-8-6-7-9-20(16)36(34-24)25(27)28/h5-11,14-15,25,29H,1,12-13H2,2-4H3,(H,31,37)(H,30,32,33). The molecule has 0 saturated carbocycles. The highest BCUT2D eigenvalue weighted by Gasteiger charge is 2.20. The zero-order valence-electron chi connectivity index (χ0n) is 21.2. The van der Waals surface area contributed by atoms with Gasteiger partial charge < -0.3 is 25.6 Å². The van der Waals surface area contributed by atoms with E-state index in [1.165, 1.54) is 19.4 Å². The van der Waals surface area contributed by atoms with Crippen LogP contribution in [0.3, 0.4) is 0 Å². The lowest BCUT2D eigenvalue weighted by Crippen LogP contribution is -2.28. The number of carbonyl (C=O) groups excluding carboxylic acids is 1. The van der Waals surface area contributed by atoms with E-state index in [2.05, 4.69) is 37.6 Å². The van der Waals surface area contributed by atoms with Gasteiger partial charge in [0.2, 0.25) is 11.9 Å². The second kappa shape index (κ2) is 11.6. The number of halogens is 2. The highest BCUT2D eigenvalue weighted by atomic mass is 19.3. The van der Waals surface area contributed by atoms with Crippen LogP contribution in [0, 0.1) is 0 Å². The lowest BCUT2D eigenvalue weighted by molar-refractivity contribution is -0.111. The number of fused-ring (bicyclic) bond motifs is 1. The number of hydrogen-bond donors (Lipinski definition) is 3. The quantitative estimate of drug-likeness (QED) is 0.249. The SMILES string of the molecule is C=CC(=O)Nc1cc(Nc2nccc(-c3nn(C(F)F)c4ccccc34)n2)c(OC)cc1N(C)CCNC. The van der Waals surface area contributed by atoms with E-state index >= 15 is 0 Å². The van der Waals surface area contributed by atoms with Crippen LogP contribution in [0.15, 0.2) is 61.3 Å². The van der Waals surface area contributed by atoms with Crippen LogP contribution in [-0.4, -0.2) is 60.0 Å². The van der Waals surface area contributed by atoms with Gasteiger partial charge in [0.25, 0.3) is 0 Å². The van der Waals surface area contributed by atoms with E-state index in [0.29, 0.717) is 50.6 Å². The Hall–Kier alpha value is -4.58. The van der Waals surface area contributed by atoms with Crippen LogP contribution in [0.4, 0.5) is 31.8 Å². The average Bonchev–Trinajstić information content (AvgIpc) is 3.32. The zero-order valence-corrected chi connectivity index (χ0v) is 21.2. The molecule has 10 nitrogen and oxygen atoms in total. The first kappa shape index (κ1) is 26.5. The molecule has 2 aromatic heterocycles. The summed E-state index contributed by atoms with van der Waals surface area (Å²) in [5, 5.41) is 13.7. The summed E-state index contributed by atoms with van der Waals surface area (Å²) in [6.45, 7) is 2.13. The normalized spacial score (nSPS) is 11.0. The summed E-state index contributed by atoms with van der Waals surface area (Å²) in [5.74, 6) is 0.298. The molecule has 0 bridgehead atoms. The van der Waals surface area contributed by atoms with Gasteiger partial charge in [-0.05, 0) is 31.3 Å². The van der Waals surface area contributed by atoms with Crippen molar-refractivity contribution in [3.63, 3.8) is 0 Å². The first-order chi connectivity index (χ1) is 18.4. The Kier molecular flexibility index (Phi) is 8.12. The Labute approximate surface area is 218 Å². The molecule has 1 amide bonds. The fourth-order valence-corrected chi connectivity index (χ4v) is 3.93. The molecule has 0 fully saturated rings. The molecule has 0 aliphatic carbocycles. The molecule has 0 atom stereocenters. The fraction of sp³-hybridized carbons (Fsp3) is 0.231. The Morgan fingerprint density at radius 1 is 1.24 bits per heavy atom. The molecule has 12 heteroatoms. The number of likely N-dealkylation sites (N-methyl/N-ethyl adjacent to an activating group) is 2. The summed E-state index contributed by atoms with van der Waals surface area (Å²) < 4.78 is 33.4. The van der Waals surface area contributed by atoms with E-state index < -0.39 is 6.55 Å². The van der Waals surface area contributed by atoms with Crippen molar-refractivity contribution < 1.29 is 18.3 Å². The van der Waals surface area contributed by atoms with Crippen LogP contribution >= 0.6 is 0 Å². The van der Waals surface area contributed by atoms with E-state index in [9.17, 15) is 13.6 Å². The molecule has 3 N–H and O–H groups in total. The Bertz CT molecular complexity index is 1460. The van der Waals surface area contributed by atoms with Gasteiger partial charge in [0.05, 0.1) is 35.4 Å². The number of carbonyl (C=O) groups is 1. The molecule has 0 unspecified atom stereocenters. The number of rotatable bonds is 11. The number of benzene rings is 2. The topological polar surface area (TPSA) is 109 Å². The van der Waals surface area contributed by atoms with Crippen molar-refractivity contribution in [3.8, 4) is 17.1 Å². The van der Waals surface area contributed by atoms with Crippen molar-refractivity contribution in [1.82, 2.24) is 25.1 Å². The molecule has 38 heavy (non-hydrogen) atoms. The van der Waals surface area contributed by atoms with Crippen molar-refractivity contribution in [2.24, 2.45) is 0 Å². The highest BCUT2D eigenvalue weighted by molar-refractivity contribution is 6.02. The van der Waals surface area contributed by atoms with Gasteiger partial charge in [-0.25, -0.2) is 14.6 Å². The number of amides is 1. The molecule has 2 heterocycles. The average molecular weight is 523 g/mol. The molecule has 2 aromatic carbocycles. The van der Waals surface area contributed by atoms with E-state index in [4.69, 9.17) is 4.74 Å². The summed E-state index contributed by atoms with van der Waals surface area (Å²) in [6, 6.07) is 11.8. The van der Waals surface area contributed by atoms with Crippen molar-refractivity contribution in [2.45, 2.75) is 6.55 Å². The van der Waals surface area contributed by atoms with Crippen LogP contribution < -0.4 is 25.6 Å². The number of para-hydroxylation sites is 1. The van der Waals surface area contributed by atoms with E-state index in [0.717, 1.165) is 12.2 Å². The number of ether oxygens (including phenoxy) is 1. The van der Waals surface area contributed by atoms with Gasteiger partial charge in [-0.3, -0.25) is 4.79 Å².